The number of piperidine rings is 1. The number of methoxy groups -OCH3 is 1. The Bertz CT molecular complexity index is 867. The fraction of sp³-hybridized carbons (Fsp3) is 0.444. The molecule has 0 amide bonds. The first-order chi connectivity index (χ1) is 13.8. The first kappa shape index (κ1) is 21.1. The number of carbonyl (C=O) groups excluding carboxylic acids is 1. The maximum atomic E-state index is 14.2. The van der Waals surface area contributed by atoms with Gasteiger partial charge < -0.3 is 15.2 Å². The van der Waals surface area contributed by atoms with Crippen molar-refractivity contribution in [3.05, 3.63) is 40.0 Å². The number of alkyl halides is 2. The van der Waals surface area contributed by atoms with Crippen LogP contribution in [0.3, 0.4) is 0 Å². The lowest BCUT2D eigenvalue weighted by Gasteiger charge is -2.37. The molecule has 1 saturated heterocycles. The summed E-state index contributed by atoms with van der Waals surface area (Å²) in [5.74, 6) is -4.89. The van der Waals surface area contributed by atoms with Crippen LogP contribution in [0.5, 0.6) is 0 Å². The number of likely N-dealkylation sites (tertiary alicyclic amines) is 1. The number of nitrogens with one attached hydrogen (secondary N) is 1. The Morgan fingerprint density at radius 1 is 1.52 bits per heavy atom. The van der Waals surface area contributed by atoms with Gasteiger partial charge in [-0.3, -0.25) is 9.89 Å². The van der Waals surface area contributed by atoms with Crippen LogP contribution < -0.4 is 5.32 Å². The summed E-state index contributed by atoms with van der Waals surface area (Å²) in [5, 5.41) is 14.2. The molecule has 11 heteroatoms. The van der Waals surface area contributed by atoms with E-state index in [1.165, 1.54) is 29.4 Å². The highest BCUT2D eigenvalue weighted by atomic mass is 32.1. The zero-order chi connectivity index (χ0) is 21.0. The molecule has 156 valence electrons. The van der Waals surface area contributed by atoms with Crippen LogP contribution in [0.15, 0.2) is 40.0 Å². The first-order valence-electron chi connectivity index (χ1n) is 8.80. The molecule has 0 spiro atoms. The molecule has 1 atom stereocenters. The van der Waals surface area contributed by atoms with Gasteiger partial charge in [0.2, 0.25) is 0 Å². The van der Waals surface area contributed by atoms with Crippen molar-refractivity contribution in [1.82, 2.24) is 15.2 Å². The number of thiazole rings is 1. The molecule has 0 radical (unpaired) electrons. The third kappa shape index (κ3) is 5.45. The minimum atomic E-state index is -2.97. The quantitative estimate of drug-likeness (QED) is 0.525. The molecule has 8 nitrogen and oxygen atoms in total. The molecular formula is C18H20F2N4O4S. The number of aromatic nitrogens is 1. The van der Waals surface area contributed by atoms with Crippen molar-refractivity contribution in [3.8, 4) is 0 Å². The minimum absolute atomic E-state index is 0.0435. The van der Waals surface area contributed by atoms with Crippen molar-refractivity contribution >= 4 is 29.1 Å². The van der Waals surface area contributed by atoms with Gasteiger partial charge in [0.15, 0.2) is 10.8 Å². The molecule has 3 rings (SSSR count). The highest BCUT2D eigenvalue weighted by Crippen LogP contribution is 2.32. The molecule has 2 N–H and O–H groups in total. The molecule has 0 aliphatic carbocycles. The highest BCUT2D eigenvalue weighted by Gasteiger charge is 2.40. The Labute approximate surface area is 169 Å². The number of carboxylic acids is 1. The number of amidine groups is 1. The molecule has 1 fully saturated rings. The van der Waals surface area contributed by atoms with Crippen molar-refractivity contribution < 1.29 is 28.2 Å². The molecule has 1 aromatic rings. The van der Waals surface area contributed by atoms with Gasteiger partial charge in [-0.15, -0.1) is 11.3 Å². The number of carboxylic acid groups (broad SMARTS) is 1. The van der Waals surface area contributed by atoms with E-state index in [1.807, 2.05) is 0 Å². The van der Waals surface area contributed by atoms with Crippen molar-refractivity contribution in [2.75, 3.05) is 33.3 Å². The molecule has 0 bridgehead atoms. The standard InChI is InChI=1S/C18H20F2N4O4S/c1-28-17(27)12-7-22-15(16-21-4-5-29-16)23-13(12)9-24-8-11(2-3-14(25)26)6-18(19,20)10-24/h2-5,11H,6-10H2,1H3,(H,22,23)(H,25,26)/b3-2+/t11-/m0/s1. The molecule has 0 saturated carbocycles. The number of aliphatic carboxylic acids is 1. The first-order valence-corrected chi connectivity index (χ1v) is 9.68. The van der Waals surface area contributed by atoms with E-state index in [4.69, 9.17) is 9.84 Å². The van der Waals surface area contributed by atoms with E-state index >= 15 is 0 Å². The summed E-state index contributed by atoms with van der Waals surface area (Å²) < 4.78 is 33.2. The van der Waals surface area contributed by atoms with Gasteiger partial charge in [-0.05, 0) is 5.92 Å². The number of ether oxygens (including phenoxy) is 1. The lowest BCUT2D eigenvalue weighted by atomic mass is 9.94. The maximum Gasteiger partial charge on any atom is 0.337 e. The van der Waals surface area contributed by atoms with Crippen LogP contribution in [0.25, 0.3) is 0 Å². The Kier molecular flexibility index (Phi) is 6.38. The van der Waals surface area contributed by atoms with E-state index in [-0.39, 0.29) is 25.2 Å². The number of hydrogen-bond donors (Lipinski definition) is 2. The Morgan fingerprint density at radius 3 is 2.97 bits per heavy atom. The summed E-state index contributed by atoms with van der Waals surface area (Å²) in [4.78, 5) is 32.8. The smallest absolute Gasteiger partial charge is 0.337 e. The van der Waals surface area contributed by atoms with Crippen LogP contribution >= 0.6 is 11.3 Å². The van der Waals surface area contributed by atoms with Crippen LogP contribution in [0, 0.1) is 5.92 Å². The van der Waals surface area contributed by atoms with Crippen LogP contribution in [0.1, 0.15) is 11.4 Å². The van der Waals surface area contributed by atoms with Gasteiger partial charge >= 0.3 is 11.9 Å². The van der Waals surface area contributed by atoms with Crippen molar-refractivity contribution in [3.63, 3.8) is 0 Å². The molecule has 0 unspecified atom stereocenters. The number of halogens is 2. The zero-order valence-corrected chi connectivity index (χ0v) is 16.4. The fourth-order valence-corrected chi connectivity index (χ4v) is 3.95. The summed E-state index contributed by atoms with van der Waals surface area (Å²) in [6.07, 6.45) is 3.37. The van der Waals surface area contributed by atoms with Crippen LogP contribution in [-0.4, -0.2) is 72.0 Å². The third-order valence-electron chi connectivity index (χ3n) is 4.50. The van der Waals surface area contributed by atoms with Gasteiger partial charge in [0.25, 0.3) is 5.92 Å². The van der Waals surface area contributed by atoms with Gasteiger partial charge in [0.05, 0.1) is 25.8 Å². The van der Waals surface area contributed by atoms with Gasteiger partial charge in [0, 0.05) is 42.9 Å². The van der Waals surface area contributed by atoms with Crippen LogP contribution in [-0.2, 0) is 14.3 Å². The number of esters is 1. The number of nitrogens with zero attached hydrogens (tertiary/aromatic N) is 3. The normalized spacial score (nSPS) is 22.3. The summed E-state index contributed by atoms with van der Waals surface area (Å²) in [6, 6.07) is 0. The molecule has 0 aromatic carbocycles. The maximum absolute atomic E-state index is 14.2. The summed E-state index contributed by atoms with van der Waals surface area (Å²) >= 11 is 1.36. The second-order valence-corrected chi connectivity index (χ2v) is 7.66. The number of carbonyl (C=O) groups is 2. The van der Waals surface area contributed by atoms with Crippen LogP contribution in [0.4, 0.5) is 8.78 Å². The number of aliphatic imine (C=N–C) groups is 1. The van der Waals surface area contributed by atoms with Crippen molar-refractivity contribution in [2.45, 2.75) is 12.3 Å². The summed E-state index contributed by atoms with van der Waals surface area (Å²) in [5.41, 5.74) is 0.690. The molecule has 29 heavy (non-hydrogen) atoms. The van der Waals surface area contributed by atoms with Gasteiger partial charge in [-0.1, -0.05) is 6.08 Å². The van der Waals surface area contributed by atoms with E-state index in [0.717, 1.165) is 6.08 Å². The van der Waals surface area contributed by atoms with Crippen LogP contribution in [0.2, 0.25) is 0 Å². The second kappa shape index (κ2) is 8.78. The average molecular weight is 426 g/mol. The van der Waals surface area contributed by atoms with Crippen molar-refractivity contribution in [2.24, 2.45) is 10.9 Å². The fourth-order valence-electron chi connectivity index (χ4n) is 3.35. The molecule has 2 aliphatic heterocycles. The second-order valence-electron chi connectivity index (χ2n) is 6.76. The predicted molar refractivity (Wildman–Crippen MR) is 102 cm³/mol. The van der Waals surface area contributed by atoms with E-state index in [0.29, 0.717) is 16.5 Å². The van der Waals surface area contributed by atoms with E-state index in [9.17, 15) is 18.4 Å². The SMILES string of the molecule is COC(=O)C1=C(CN2C[C@@H](/C=C/C(=O)O)CC(F)(F)C2)NC(c2nccs2)=NC1. The molecule has 2 aliphatic rings. The number of rotatable bonds is 6. The largest absolute Gasteiger partial charge is 0.478 e. The predicted octanol–water partition coefficient (Wildman–Crippen LogP) is 1.52. The van der Waals surface area contributed by atoms with Gasteiger partial charge in [0.1, 0.15) is 0 Å². The Hall–Kier alpha value is -2.66. The van der Waals surface area contributed by atoms with E-state index in [1.54, 1.807) is 11.6 Å². The van der Waals surface area contributed by atoms with Crippen molar-refractivity contribution in [1.29, 1.82) is 0 Å². The zero-order valence-electron chi connectivity index (χ0n) is 15.6. The average Bonchev–Trinajstić information content (AvgIpc) is 3.19. The highest BCUT2D eigenvalue weighted by molar-refractivity contribution is 7.11. The molecular weight excluding hydrogens is 406 g/mol. The summed E-state index contributed by atoms with van der Waals surface area (Å²) in [6.45, 7) is -0.158. The molecule has 3 heterocycles. The topological polar surface area (TPSA) is 104 Å². The van der Waals surface area contributed by atoms with E-state index < -0.39 is 36.7 Å². The summed E-state index contributed by atoms with van der Waals surface area (Å²) in [7, 11) is 1.24. The Balaban J connectivity index is 1.80. The minimum Gasteiger partial charge on any atom is -0.478 e. The van der Waals surface area contributed by atoms with Gasteiger partial charge in [-0.25, -0.2) is 23.4 Å². The Morgan fingerprint density at radius 2 is 2.31 bits per heavy atom. The van der Waals surface area contributed by atoms with E-state index in [2.05, 4.69) is 15.3 Å². The van der Waals surface area contributed by atoms with Gasteiger partial charge in [-0.2, -0.15) is 0 Å². The molecule has 1 aromatic heterocycles. The monoisotopic (exact) mass is 426 g/mol. The lowest BCUT2D eigenvalue weighted by molar-refractivity contribution is -0.136. The third-order valence-corrected chi connectivity index (χ3v) is 5.28. The number of hydrogen-bond acceptors (Lipinski definition) is 8. The lowest BCUT2D eigenvalue weighted by Crippen LogP contribution is -2.49.